The van der Waals surface area contributed by atoms with Gasteiger partial charge in [-0.1, -0.05) is 90.6 Å². The lowest BCUT2D eigenvalue weighted by molar-refractivity contribution is -0.329. The van der Waals surface area contributed by atoms with Crippen LogP contribution >= 0.6 is 46.4 Å². The minimum atomic E-state index is -2.35. The van der Waals surface area contributed by atoms with Gasteiger partial charge in [-0.25, -0.2) is 0 Å². The van der Waals surface area contributed by atoms with Gasteiger partial charge >= 0.3 is 0 Å². The molecule has 14 rings (SSSR count). The Morgan fingerprint density at radius 3 is 1.98 bits per heavy atom. The number of halogens is 4. The molecule has 18 atom stereocenters. The van der Waals surface area contributed by atoms with E-state index in [1.54, 1.807) is 56.3 Å². The third-order valence-corrected chi connectivity index (χ3v) is 22.7. The number of amides is 8. The number of phenolic OH excluding ortho intramolecular Hbond substituents is 3. The summed E-state index contributed by atoms with van der Waals surface area (Å²) in [6.45, 7) is 6.72. The number of nitrogens with two attached hydrogens (primary N) is 3. The molecule has 122 heavy (non-hydrogen) atoms. The Bertz CT molecular complexity index is 5120. The number of hydrogen-bond acceptors (Lipinski definition) is 27. The van der Waals surface area contributed by atoms with E-state index in [0.717, 1.165) is 60.2 Å². The number of carbonyl (C=O) groups excluding carboxylic acids is 8. The van der Waals surface area contributed by atoms with Gasteiger partial charge in [0.15, 0.2) is 23.9 Å². The van der Waals surface area contributed by atoms with Crippen molar-refractivity contribution in [3.8, 4) is 62.9 Å². The predicted molar refractivity (Wildman–Crippen MR) is 442 cm³/mol. The maximum Gasteiger partial charge on any atom is 0.248 e. The van der Waals surface area contributed by atoms with E-state index in [9.17, 15) is 55.2 Å². The molecule has 0 aromatic heterocycles. The number of likely N-dealkylation sites (N-methyl/N-ethyl adjacent to an activating group) is 1. The van der Waals surface area contributed by atoms with Gasteiger partial charge < -0.3 is 139 Å². The van der Waals surface area contributed by atoms with E-state index in [1.807, 2.05) is 13.8 Å². The van der Waals surface area contributed by atoms with E-state index >= 15 is 24.0 Å². The normalized spacial score (nSPS) is 26.3. The van der Waals surface area contributed by atoms with Crippen molar-refractivity contribution in [3.63, 3.8) is 0 Å². The van der Waals surface area contributed by atoms with Crippen molar-refractivity contribution in [2.75, 3.05) is 32.0 Å². The first-order valence-corrected chi connectivity index (χ1v) is 40.5. The van der Waals surface area contributed by atoms with Crippen LogP contribution in [0.2, 0.25) is 20.1 Å². The summed E-state index contributed by atoms with van der Waals surface area (Å²) in [6.07, 6.45) is -17.6. The van der Waals surface area contributed by atoms with Crippen molar-refractivity contribution in [2.24, 2.45) is 23.1 Å². The van der Waals surface area contributed by atoms with Gasteiger partial charge in [-0.3, -0.25) is 38.4 Å². The van der Waals surface area contributed by atoms with Crippen LogP contribution < -0.4 is 84.0 Å². The van der Waals surface area contributed by atoms with Crippen molar-refractivity contribution < 1.29 is 112 Å². The van der Waals surface area contributed by atoms with Gasteiger partial charge in [0, 0.05) is 48.5 Å². The van der Waals surface area contributed by atoms with Gasteiger partial charge in [0.25, 0.3) is 0 Å². The lowest BCUT2D eigenvalue weighted by Gasteiger charge is -2.48. The maximum absolute atomic E-state index is 16.4. The predicted octanol–water partition coefficient (Wildman–Crippen LogP) is 4.88. The minimum absolute atomic E-state index is 0.0262. The van der Waals surface area contributed by atoms with Gasteiger partial charge in [-0.05, 0) is 165 Å². The third-order valence-electron chi connectivity index (χ3n) is 21.4. The minimum Gasteiger partial charge on any atom is -0.508 e. The molecule has 7 aromatic carbocycles. The number of primary amides is 1. The Labute approximate surface area is 718 Å². The molecule has 23 N–H and O–H groups in total. The van der Waals surface area contributed by atoms with Crippen LogP contribution in [0, 0.1) is 5.92 Å². The molecule has 2 fully saturated rings. The van der Waals surface area contributed by atoms with Crippen LogP contribution in [0.4, 0.5) is 5.69 Å². The molecule has 39 heteroatoms. The summed E-state index contributed by atoms with van der Waals surface area (Å²) < 4.78 is 46.1. The fraction of sp³-hybridized carbons (Fsp3) is 0.398. The molecule has 7 aliphatic heterocycles. The smallest absolute Gasteiger partial charge is 0.248 e. The summed E-state index contributed by atoms with van der Waals surface area (Å²) in [6, 6.07) is 12.4. The number of carbonyl (C=O) groups is 8. The van der Waals surface area contributed by atoms with E-state index in [2.05, 4.69) is 47.9 Å². The topological polar surface area (TPSA) is 549 Å². The van der Waals surface area contributed by atoms with E-state index in [-0.39, 0.29) is 82.8 Å². The summed E-state index contributed by atoms with van der Waals surface area (Å²) in [5.41, 5.74) is 15.4. The second kappa shape index (κ2) is 38.9. The van der Waals surface area contributed by atoms with Crippen LogP contribution in [-0.4, -0.2) is 194 Å². The van der Waals surface area contributed by atoms with Gasteiger partial charge in [0.1, 0.15) is 114 Å². The van der Waals surface area contributed by atoms with E-state index < -0.39 is 220 Å². The summed E-state index contributed by atoms with van der Waals surface area (Å²) in [5, 5.41) is 120. The number of anilines is 1. The summed E-state index contributed by atoms with van der Waals surface area (Å²) in [4.78, 5) is 120. The first-order valence-electron chi connectivity index (χ1n) is 39.0. The number of aliphatic hydroxyl groups excluding tert-OH is 5. The van der Waals surface area contributed by atoms with Crippen LogP contribution in [0.3, 0.4) is 0 Å². The molecule has 8 amide bonds. The summed E-state index contributed by atoms with van der Waals surface area (Å²) in [7, 11) is 1.48. The lowest BCUT2D eigenvalue weighted by atomic mass is 9.84. The molecule has 0 saturated carbocycles. The zero-order chi connectivity index (χ0) is 88.0. The molecule has 7 heterocycles. The number of aromatic hydroxyl groups is 3. The lowest BCUT2D eigenvalue weighted by Crippen LogP contribution is -2.64. The highest BCUT2D eigenvalue weighted by Gasteiger charge is 2.52. The van der Waals surface area contributed by atoms with Crippen molar-refractivity contribution in [2.45, 2.75) is 176 Å². The largest absolute Gasteiger partial charge is 0.508 e. The quantitative estimate of drug-likeness (QED) is 0.0402. The second-order valence-electron chi connectivity index (χ2n) is 30.8. The number of phenols is 3. The maximum atomic E-state index is 16.4. The Morgan fingerprint density at radius 1 is 0.664 bits per heavy atom. The van der Waals surface area contributed by atoms with Gasteiger partial charge in [-0.2, -0.15) is 0 Å². The highest BCUT2D eigenvalue weighted by Crippen LogP contribution is 2.50. The molecule has 0 spiro atoms. The zero-order valence-corrected chi connectivity index (χ0v) is 69.3. The number of ether oxygens (including phenoxy) is 7. The van der Waals surface area contributed by atoms with Crippen LogP contribution in [0.15, 0.2) is 121 Å². The number of nitrogens with one attached hydrogen (secondary N) is 9. The van der Waals surface area contributed by atoms with Crippen LogP contribution in [0.5, 0.6) is 51.7 Å². The summed E-state index contributed by atoms with van der Waals surface area (Å²) >= 11 is 26.9. The third kappa shape index (κ3) is 20.5. The second-order valence-corrected chi connectivity index (χ2v) is 32.4. The summed E-state index contributed by atoms with van der Waals surface area (Å²) in [5.74, 6) is -14.1. The number of rotatable bonds is 22. The van der Waals surface area contributed by atoms with Crippen LogP contribution in [0.25, 0.3) is 11.1 Å². The molecule has 35 nitrogen and oxygen atoms in total. The fourth-order valence-electron chi connectivity index (χ4n) is 15.0. The average molecular weight is 1770 g/mol. The Morgan fingerprint density at radius 2 is 1.33 bits per heavy atom. The molecule has 11 bridgehead atoms. The van der Waals surface area contributed by atoms with Gasteiger partial charge in [0.05, 0.1) is 44.2 Å². The fourth-order valence-corrected chi connectivity index (χ4v) is 15.8. The van der Waals surface area contributed by atoms with Gasteiger partial charge in [-0.15, -0.1) is 0 Å². The SMILES string of the molecule is CN[C@H](CC(C)C)C(=O)N[C@H]1C(=O)N[C@@H](CC(N)=O)C(=O)N[C@H]2C(=O)NC3C(=O)N[C@H](C(=O)N[C@H](C(=O)NCCCCN)c4cc(O)cc(O)c4-c4cc3ccc4O)[C@H](O)c3ccc(c(Cl)c3)Oc3cc2cc(c3OC2OC(CN)C(O)C(O)C2OC2CC(C)(Nc3cccc(OCc4ccc(Cl)c(Cl)c4)c3)C(O)C(C)O2)Oc2ccc(cc2Cl)[C@H]1O. The Hall–Kier alpha value is -10.6. The molecule has 0 aliphatic carbocycles. The van der Waals surface area contributed by atoms with Crippen molar-refractivity contribution in [1.29, 1.82) is 0 Å². The van der Waals surface area contributed by atoms with Crippen molar-refractivity contribution in [1.82, 2.24) is 42.5 Å². The standard InChI is InChI=1S/C83H94Cl4N12O23/c1-35(2)21-51(91-5)75(109)97-66-68(104)39-13-17-55(49(86)24-39)118-57-26-41-27-58(72(57)122-82-73(71(107)70(106)59(33-89)120-82)121-61-32-83(4,74(108)36(3)117-61)99-42-9-8-10-44(28-42)116-34-37-11-15-47(84)48(85)22-37)119-56-18-14-40(25-50(56)87)69(105)67-81(115)96-65(77(111)92-20-7-6-19-88)46-29-43(100)30-54(102)62(46)45-23-38(12-16-53(45)101)63(78(112)98-67)95-79(113)64(41)94-76(110)52(31-60(90)103)93-80(66)114/h8-18,22-30,35-36,51-52,59,61,63-71,73-74,82,91,99-102,104-108H,6-7,19-21,31-34,88-89H2,1-5H3,(H2,90,103)(H,92,111)(H,93,114)(H,94,110)(H,95,113)(H,96,115)(H,97,109)(H,98,112)/t36?,51-,52+,59?,61?,63?,64-,65+,66-,67+,68-,69-,70?,71?,73?,74?,82?,83?/m1/s1. The molecule has 10 unspecified atom stereocenters. The Kier molecular flexibility index (Phi) is 28.9. The molecular weight excluding hydrogens is 1670 g/mol. The highest BCUT2D eigenvalue weighted by atomic mass is 35.5. The average Bonchev–Trinajstić information content (AvgIpc) is 0.762. The number of hydrogen-bond donors (Lipinski definition) is 20. The first-order chi connectivity index (χ1) is 58.0. The van der Waals surface area contributed by atoms with Gasteiger partial charge in [0.2, 0.25) is 59.3 Å². The van der Waals surface area contributed by atoms with Crippen molar-refractivity contribution in [3.05, 3.63) is 175 Å². The molecular formula is C83H94Cl4N12O23. The molecule has 2 saturated heterocycles. The van der Waals surface area contributed by atoms with Crippen LogP contribution in [-0.2, 0) is 59.2 Å². The number of benzene rings is 7. The van der Waals surface area contributed by atoms with E-state index in [4.69, 9.17) is 96.8 Å². The molecule has 7 aliphatic rings. The highest BCUT2D eigenvalue weighted by molar-refractivity contribution is 6.42. The van der Waals surface area contributed by atoms with E-state index in [0.29, 0.717) is 34.3 Å². The molecule has 7 aromatic rings. The Balaban J connectivity index is 1.04. The number of unbranched alkanes of at least 4 members (excludes halogenated alkanes) is 1. The van der Waals surface area contributed by atoms with Crippen molar-refractivity contribution >= 4 is 99.3 Å². The zero-order valence-electron chi connectivity index (χ0n) is 66.2. The first kappa shape index (κ1) is 90.6. The van der Waals surface area contributed by atoms with Crippen LogP contribution in [0.1, 0.15) is 124 Å². The molecule has 652 valence electrons. The van der Waals surface area contributed by atoms with E-state index in [1.165, 1.54) is 31.3 Å². The monoisotopic (exact) mass is 1770 g/mol. The molecule has 0 radical (unpaired) electrons. The number of aliphatic hydroxyl groups is 5. The number of fused-ring (bicyclic) bond motifs is 15.